The van der Waals surface area contributed by atoms with Gasteiger partial charge in [0.25, 0.3) is 0 Å². The van der Waals surface area contributed by atoms with E-state index in [1.165, 1.54) is 0 Å². The number of aliphatic hydroxyl groups excluding tert-OH is 1. The van der Waals surface area contributed by atoms with E-state index in [4.69, 9.17) is 4.74 Å². The van der Waals surface area contributed by atoms with Crippen LogP contribution in [0, 0.1) is 12.8 Å². The van der Waals surface area contributed by atoms with E-state index < -0.39 is 6.10 Å². The fourth-order valence-electron chi connectivity index (χ4n) is 1.83. The summed E-state index contributed by atoms with van der Waals surface area (Å²) in [6.45, 7) is 6.61. The number of aromatic nitrogens is 2. The molecule has 0 radical (unpaired) electrons. The summed E-state index contributed by atoms with van der Waals surface area (Å²) in [6.07, 6.45) is 1.13. The molecule has 0 amide bonds. The minimum atomic E-state index is -0.491. The average Bonchev–Trinajstić information content (AvgIpc) is 2.34. The highest BCUT2D eigenvalue weighted by Gasteiger charge is 2.20. The van der Waals surface area contributed by atoms with Crippen molar-refractivity contribution in [2.24, 2.45) is 5.92 Å². The molecule has 1 aromatic heterocycles. The molecule has 4 heteroatoms. The van der Waals surface area contributed by atoms with Gasteiger partial charge in [0.1, 0.15) is 0 Å². The Labute approximate surface area is 103 Å². The molecule has 2 atom stereocenters. The third kappa shape index (κ3) is 3.75. The first-order chi connectivity index (χ1) is 8.10. The lowest BCUT2D eigenvalue weighted by Crippen LogP contribution is -2.15. The number of aryl methyl sites for hydroxylation is 2. The van der Waals surface area contributed by atoms with Crippen molar-refractivity contribution >= 4 is 0 Å². The van der Waals surface area contributed by atoms with E-state index in [0.717, 1.165) is 29.8 Å². The van der Waals surface area contributed by atoms with Crippen molar-refractivity contribution < 1.29 is 9.84 Å². The zero-order chi connectivity index (χ0) is 12.8. The van der Waals surface area contributed by atoms with Crippen LogP contribution in [0.3, 0.4) is 0 Å². The van der Waals surface area contributed by atoms with Crippen LogP contribution in [0.15, 0.2) is 6.07 Å². The van der Waals surface area contributed by atoms with E-state index in [1.807, 2.05) is 26.8 Å². The summed E-state index contributed by atoms with van der Waals surface area (Å²) in [6, 6.07) is 1.93. The Balaban J connectivity index is 2.86. The SMILES string of the molecule is CCc1nnc(C)cc1C(O)C(C)CCOC. The maximum Gasteiger partial charge on any atom is 0.0835 e. The van der Waals surface area contributed by atoms with Gasteiger partial charge < -0.3 is 9.84 Å². The van der Waals surface area contributed by atoms with Gasteiger partial charge in [0.2, 0.25) is 0 Å². The van der Waals surface area contributed by atoms with Crippen molar-refractivity contribution in [1.29, 1.82) is 0 Å². The smallest absolute Gasteiger partial charge is 0.0835 e. The molecule has 0 aliphatic rings. The Morgan fingerprint density at radius 3 is 2.71 bits per heavy atom. The fraction of sp³-hybridized carbons (Fsp3) is 0.692. The van der Waals surface area contributed by atoms with Crippen LogP contribution in [0.1, 0.15) is 43.3 Å². The molecule has 17 heavy (non-hydrogen) atoms. The quantitative estimate of drug-likeness (QED) is 0.824. The van der Waals surface area contributed by atoms with Crippen LogP contribution in [-0.4, -0.2) is 29.0 Å². The highest BCUT2D eigenvalue weighted by atomic mass is 16.5. The number of rotatable bonds is 6. The lowest BCUT2D eigenvalue weighted by Gasteiger charge is -2.20. The number of methoxy groups -OCH3 is 1. The molecule has 4 nitrogen and oxygen atoms in total. The van der Waals surface area contributed by atoms with Gasteiger partial charge in [-0.2, -0.15) is 10.2 Å². The van der Waals surface area contributed by atoms with Gasteiger partial charge in [0.05, 0.1) is 17.5 Å². The number of nitrogens with zero attached hydrogens (tertiary/aromatic N) is 2. The zero-order valence-electron chi connectivity index (χ0n) is 11.1. The molecule has 1 N–H and O–H groups in total. The Morgan fingerprint density at radius 1 is 1.41 bits per heavy atom. The van der Waals surface area contributed by atoms with Crippen molar-refractivity contribution in [3.05, 3.63) is 23.0 Å². The number of hydrogen-bond acceptors (Lipinski definition) is 4. The Morgan fingerprint density at radius 2 is 2.12 bits per heavy atom. The molecule has 0 aromatic carbocycles. The summed E-state index contributed by atoms with van der Waals surface area (Å²) in [5.41, 5.74) is 2.63. The summed E-state index contributed by atoms with van der Waals surface area (Å²) in [4.78, 5) is 0. The van der Waals surface area contributed by atoms with Crippen LogP contribution in [0.4, 0.5) is 0 Å². The van der Waals surface area contributed by atoms with E-state index in [-0.39, 0.29) is 5.92 Å². The average molecular weight is 238 g/mol. The molecule has 0 aliphatic carbocycles. The molecule has 96 valence electrons. The highest BCUT2D eigenvalue weighted by Crippen LogP contribution is 2.26. The summed E-state index contributed by atoms with van der Waals surface area (Å²) < 4.78 is 5.04. The molecule has 1 heterocycles. The van der Waals surface area contributed by atoms with E-state index in [1.54, 1.807) is 7.11 Å². The second-order valence-electron chi connectivity index (χ2n) is 4.44. The van der Waals surface area contributed by atoms with Crippen molar-refractivity contribution in [2.75, 3.05) is 13.7 Å². The molecule has 0 aliphatic heterocycles. The van der Waals surface area contributed by atoms with Gasteiger partial charge in [-0.1, -0.05) is 13.8 Å². The Bertz CT molecular complexity index is 355. The van der Waals surface area contributed by atoms with Gasteiger partial charge in [0, 0.05) is 19.3 Å². The van der Waals surface area contributed by atoms with Crippen LogP contribution >= 0.6 is 0 Å². The monoisotopic (exact) mass is 238 g/mol. The maximum absolute atomic E-state index is 10.3. The van der Waals surface area contributed by atoms with Crippen LogP contribution in [0.2, 0.25) is 0 Å². The first kappa shape index (κ1) is 14.1. The molecule has 0 spiro atoms. The highest BCUT2D eigenvalue weighted by molar-refractivity contribution is 5.23. The molecule has 0 fully saturated rings. The topological polar surface area (TPSA) is 55.2 Å². The minimum absolute atomic E-state index is 0.156. The molecule has 1 rings (SSSR count). The van der Waals surface area contributed by atoms with E-state index in [0.29, 0.717) is 6.61 Å². The molecule has 2 unspecified atom stereocenters. The summed E-state index contributed by atoms with van der Waals surface area (Å²) in [5.74, 6) is 0.156. The van der Waals surface area contributed by atoms with Crippen LogP contribution in [0.25, 0.3) is 0 Å². The molecule has 0 bridgehead atoms. The normalized spacial score (nSPS) is 14.6. The first-order valence-electron chi connectivity index (χ1n) is 6.10. The second-order valence-corrected chi connectivity index (χ2v) is 4.44. The van der Waals surface area contributed by atoms with Crippen molar-refractivity contribution in [2.45, 2.75) is 39.7 Å². The fourth-order valence-corrected chi connectivity index (χ4v) is 1.83. The number of aliphatic hydroxyl groups is 1. The molecular formula is C13H22N2O2. The number of hydrogen-bond donors (Lipinski definition) is 1. The van der Waals surface area contributed by atoms with E-state index in [9.17, 15) is 5.11 Å². The van der Waals surface area contributed by atoms with Crippen molar-refractivity contribution in [3.8, 4) is 0 Å². The van der Waals surface area contributed by atoms with E-state index >= 15 is 0 Å². The third-order valence-corrected chi connectivity index (χ3v) is 3.00. The standard InChI is InChI=1S/C13H22N2O2/c1-5-12-11(8-10(3)14-15-12)13(16)9(2)6-7-17-4/h8-9,13,16H,5-7H2,1-4H3. The zero-order valence-corrected chi connectivity index (χ0v) is 11.1. The first-order valence-corrected chi connectivity index (χ1v) is 6.10. The maximum atomic E-state index is 10.3. The predicted octanol–water partition coefficient (Wildman–Crippen LogP) is 2.05. The van der Waals surface area contributed by atoms with Crippen molar-refractivity contribution in [1.82, 2.24) is 10.2 Å². The van der Waals surface area contributed by atoms with Crippen molar-refractivity contribution in [3.63, 3.8) is 0 Å². The molecule has 0 saturated heterocycles. The van der Waals surface area contributed by atoms with Gasteiger partial charge in [-0.15, -0.1) is 0 Å². The minimum Gasteiger partial charge on any atom is -0.388 e. The van der Waals surface area contributed by atoms with Crippen LogP contribution < -0.4 is 0 Å². The summed E-state index contributed by atoms with van der Waals surface area (Å²) in [7, 11) is 1.68. The second kappa shape index (κ2) is 6.67. The number of ether oxygens (including phenoxy) is 1. The molecule has 1 aromatic rings. The van der Waals surface area contributed by atoms with Crippen LogP contribution in [-0.2, 0) is 11.2 Å². The largest absolute Gasteiger partial charge is 0.388 e. The predicted molar refractivity (Wildman–Crippen MR) is 66.8 cm³/mol. The Hall–Kier alpha value is -1.00. The Kier molecular flexibility index (Phi) is 5.51. The van der Waals surface area contributed by atoms with E-state index in [2.05, 4.69) is 10.2 Å². The lowest BCUT2D eigenvalue weighted by atomic mass is 9.93. The van der Waals surface area contributed by atoms with Gasteiger partial charge >= 0.3 is 0 Å². The molecular weight excluding hydrogens is 216 g/mol. The van der Waals surface area contributed by atoms with Gasteiger partial charge in [-0.3, -0.25) is 0 Å². The van der Waals surface area contributed by atoms with Gasteiger partial charge in [-0.25, -0.2) is 0 Å². The van der Waals surface area contributed by atoms with Crippen LogP contribution in [0.5, 0.6) is 0 Å². The summed E-state index contributed by atoms with van der Waals surface area (Å²) >= 11 is 0. The molecule has 0 saturated carbocycles. The van der Waals surface area contributed by atoms with Gasteiger partial charge in [0.15, 0.2) is 0 Å². The lowest BCUT2D eigenvalue weighted by molar-refractivity contribution is 0.0874. The third-order valence-electron chi connectivity index (χ3n) is 3.00. The van der Waals surface area contributed by atoms with Gasteiger partial charge in [-0.05, 0) is 31.7 Å². The summed E-state index contributed by atoms with van der Waals surface area (Å²) in [5, 5.41) is 18.5.